The smallest absolute Gasteiger partial charge is 0.274 e. The molecule has 3 N–H and O–H groups in total. The molecule has 1 aromatic heterocycles. The summed E-state index contributed by atoms with van der Waals surface area (Å²) in [6.45, 7) is 0.495. The first-order valence-corrected chi connectivity index (χ1v) is 5.31. The van der Waals surface area contributed by atoms with Crippen LogP contribution in [0, 0.1) is 0 Å². The summed E-state index contributed by atoms with van der Waals surface area (Å²) in [7, 11) is 0. The normalized spacial score (nSPS) is 9.94. The van der Waals surface area contributed by atoms with Gasteiger partial charge in [-0.3, -0.25) is 9.78 Å². The lowest BCUT2D eigenvalue weighted by Gasteiger charge is -2.05. The number of nitrogens with two attached hydrogens (primary N) is 1. The van der Waals surface area contributed by atoms with E-state index in [-0.39, 0.29) is 5.91 Å². The van der Waals surface area contributed by atoms with Crippen LogP contribution in [0.15, 0.2) is 48.7 Å². The van der Waals surface area contributed by atoms with Crippen molar-refractivity contribution in [1.29, 1.82) is 0 Å². The summed E-state index contributed by atoms with van der Waals surface area (Å²) in [5.41, 5.74) is 7.66. The van der Waals surface area contributed by atoms with Crippen molar-refractivity contribution < 1.29 is 4.79 Å². The van der Waals surface area contributed by atoms with Gasteiger partial charge in [0.1, 0.15) is 5.69 Å². The number of hydrogen-bond acceptors (Lipinski definition) is 3. The van der Waals surface area contributed by atoms with Crippen molar-refractivity contribution in [2.24, 2.45) is 5.73 Å². The molecule has 0 aliphatic carbocycles. The van der Waals surface area contributed by atoms with Gasteiger partial charge >= 0.3 is 0 Å². The summed E-state index contributed by atoms with van der Waals surface area (Å²) in [6.07, 6.45) is 1.59. The minimum atomic E-state index is -0.217. The monoisotopic (exact) mass is 227 g/mol. The molecule has 0 aliphatic rings. The molecule has 0 atom stereocenters. The number of aromatic nitrogens is 1. The lowest BCUT2D eigenvalue weighted by molar-refractivity contribution is 0.102. The first-order valence-electron chi connectivity index (χ1n) is 5.31. The van der Waals surface area contributed by atoms with Crippen molar-refractivity contribution in [1.82, 2.24) is 4.98 Å². The van der Waals surface area contributed by atoms with Crippen LogP contribution in [-0.4, -0.2) is 10.9 Å². The fourth-order valence-electron chi connectivity index (χ4n) is 1.42. The summed E-state index contributed by atoms with van der Waals surface area (Å²) in [6, 6.07) is 12.6. The van der Waals surface area contributed by atoms with E-state index in [0.717, 1.165) is 11.3 Å². The second-order valence-corrected chi connectivity index (χ2v) is 3.57. The Balaban J connectivity index is 2.08. The van der Waals surface area contributed by atoms with Gasteiger partial charge in [-0.15, -0.1) is 0 Å². The van der Waals surface area contributed by atoms with Gasteiger partial charge in [0.2, 0.25) is 0 Å². The molecule has 1 heterocycles. The Kier molecular flexibility index (Phi) is 3.47. The Morgan fingerprint density at radius 3 is 2.53 bits per heavy atom. The van der Waals surface area contributed by atoms with Crippen molar-refractivity contribution in [3.8, 4) is 0 Å². The molecule has 4 heteroatoms. The van der Waals surface area contributed by atoms with E-state index in [0.29, 0.717) is 12.2 Å². The number of benzene rings is 1. The van der Waals surface area contributed by atoms with Gasteiger partial charge in [-0.25, -0.2) is 0 Å². The van der Waals surface area contributed by atoms with Crippen LogP contribution in [0.25, 0.3) is 0 Å². The predicted octanol–water partition coefficient (Wildman–Crippen LogP) is 1.79. The number of carbonyl (C=O) groups excluding carboxylic acids is 1. The van der Waals surface area contributed by atoms with Crippen molar-refractivity contribution in [3.63, 3.8) is 0 Å². The van der Waals surface area contributed by atoms with Gasteiger partial charge in [-0.05, 0) is 29.8 Å². The molecule has 4 nitrogen and oxygen atoms in total. The Morgan fingerprint density at radius 2 is 1.94 bits per heavy atom. The van der Waals surface area contributed by atoms with E-state index >= 15 is 0 Å². The minimum absolute atomic E-state index is 0.217. The van der Waals surface area contributed by atoms with Crippen LogP contribution in [0.5, 0.6) is 0 Å². The number of hydrogen-bond donors (Lipinski definition) is 2. The lowest BCUT2D eigenvalue weighted by atomic mass is 10.2. The summed E-state index contributed by atoms with van der Waals surface area (Å²) < 4.78 is 0. The van der Waals surface area contributed by atoms with E-state index in [1.54, 1.807) is 24.4 Å². The highest BCUT2D eigenvalue weighted by Gasteiger charge is 2.05. The van der Waals surface area contributed by atoms with Crippen LogP contribution < -0.4 is 11.1 Å². The maximum atomic E-state index is 11.8. The number of rotatable bonds is 3. The van der Waals surface area contributed by atoms with Crippen LogP contribution in [-0.2, 0) is 6.54 Å². The van der Waals surface area contributed by atoms with Crippen molar-refractivity contribution in [2.75, 3.05) is 5.32 Å². The van der Waals surface area contributed by atoms with E-state index < -0.39 is 0 Å². The van der Waals surface area contributed by atoms with Gasteiger partial charge in [0.15, 0.2) is 0 Å². The standard InChI is InChI=1S/C13H13N3O/c14-9-10-4-6-11(7-5-10)16-13(17)12-3-1-2-8-15-12/h1-8H,9,14H2,(H,16,17). The molecule has 2 rings (SSSR count). The number of nitrogens with one attached hydrogen (secondary N) is 1. The van der Waals surface area contributed by atoms with Gasteiger partial charge in [-0.1, -0.05) is 18.2 Å². The molecule has 0 saturated heterocycles. The number of amides is 1. The quantitative estimate of drug-likeness (QED) is 0.840. The fourth-order valence-corrected chi connectivity index (χ4v) is 1.42. The molecule has 0 bridgehead atoms. The predicted molar refractivity (Wildman–Crippen MR) is 66.5 cm³/mol. The Bertz CT molecular complexity index is 494. The highest BCUT2D eigenvalue weighted by Crippen LogP contribution is 2.10. The zero-order chi connectivity index (χ0) is 12.1. The third kappa shape index (κ3) is 2.89. The fraction of sp³-hybridized carbons (Fsp3) is 0.0769. The average molecular weight is 227 g/mol. The molecule has 1 amide bonds. The number of nitrogens with zero attached hydrogens (tertiary/aromatic N) is 1. The molecule has 17 heavy (non-hydrogen) atoms. The average Bonchev–Trinajstić information content (AvgIpc) is 2.40. The van der Waals surface area contributed by atoms with E-state index in [9.17, 15) is 4.79 Å². The van der Waals surface area contributed by atoms with Crippen molar-refractivity contribution in [3.05, 3.63) is 59.9 Å². The van der Waals surface area contributed by atoms with Crippen molar-refractivity contribution >= 4 is 11.6 Å². The van der Waals surface area contributed by atoms with Gasteiger partial charge in [0.05, 0.1) is 0 Å². The zero-order valence-corrected chi connectivity index (χ0v) is 9.26. The van der Waals surface area contributed by atoms with Crippen LogP contribution in [0.2, 0.25) is 0 Å². The molecule has 0 unspecified atom stereocenters. The molecule has 86 valence electrons. The van der Waals surface area contributed by atoms with Crippen LogP contribution >= 0.6 is 0 Å². The molecule has 2 aromatic rings. The Morgan fingerprint density at radius 1 is 1.18 bits per heavy atom. The topological polar surface area (TPSA) is 68.0 Å². The summed E-state index contributed by atoms with van der Waals surface area (Å²) >= 11 is 0. The SMILES string of the molecule is NCc1ccc(NC(=O)c2ccccn2)cc1. The lowest BCUT2D eigenvalue weighted by Crippen LogP contribution is -2.13. The van der Waals surface area contributed by atoms with Crippen LogP contribution in [0.4, 0.5) is 5.69 Å². The first kappa shape index (κ1) is 11.3. The molecular weight excluding hydrogens is 214 g/mol. The Hall–Kier alpha value is -2.20. The molecular formula is C13H13N3O. The summed E-state index contributed by atoms with van der Waals surface area (Å²) in [5.74, 6) is -0.217. The second-order valence-electron chi connectivity index (χ2n) is 3.57. The molecule has 0 radical (unpaired) electrons. The highest BCUT2D eigenvalue weighted by molar-refractivity contribution is 6.02. The zero-order valence-electron chi connectivity index (χ0n) is 9.26. The Labute approximate surface area is 99.5 Å². The second kappa shape index (κ2) is 5.23. The highest BCUT2D eigenvalue weighted by atomic mass is 16.1. The third-order valence-electron chi connectivity index (χ3n) is 2.35. The van der Waals surface area contributed by atoms with Gasteiger partial charge in [0.25, 0.3) is 5.91 Å². The molecule has 0 aliphatic heterocycles. The van der Waals surface area contributed by atoms with Crippen LogP contribution in [0.3, 0.4) is 0 Å². The first-order chi connectivity index (χ1) is 8.29. The largest absolute Gasteiger partial charge is 0.326 e. The molecule has 1 aromatic carbocycles. The number of pyridine rings is 1. The summed E-state index contributed by atoms with van der Waals surface area (Å²) in [5, 5.41) is 2.77. The summed E-state index contributed by atoms with van der Waals surface area (Å²) in [4.78, 5) is 15.7. The van der Waals surface area contributed by atoms with Gasteiger partial charge in [0, 0.05) is 18.4 Å². The maximum Gasteiger partial charge on any atom is 0.274 e. The minimum Gasteiger partial charge on any atom is -0.326 e. The molecule has 0 spiro atoms. The van der Waals surface area contributed by atoms with E-state index in [1.165, 1.54) is 0 Å². The number of anilines is 1. The molecule has 0 fully saturated rings. The third-order valence-corrected chi connectivity index (χ3v) is 2.35. The van der Waals surface area contributed by atoms with Crippen molar-refractivity contribution in [2.45, 2.75) is 6.54 Å². The van der Waals surface area contributed by atoms with E-state index in [4.69, 9.17) is 5.73 Å². The van der Waals surface area contributed by atoms with E-state index in [1.807, 2.05) is 24.3 Å². The van der Waals surface area contributed by atoms with Crippen LogP contribution in [0.1, 0.15) is 16.1 Å². The van der Waals surface area contributed by atoms with E-state index in [2.05, 4.69) is 10.3 Å². The maximum absolute atomic E-state index is 11.8. The van der Waals surface area contributed by atoms with Gasteiger partial charge < -0.3 is 11.1 Å². The molecule has 0 saturated carbocycles. The van der Waals surface area contributed by atoms with Gasteiger partial charge in [-0.2, -0.15) is 0 Å². The number of carbonyl (C=O) groups is 1.